The molecule has 0 spiro atoms. The summed E-state index contributed by atoms with van der Waals surface area (Å²) in [4.78, 5) is 0. The predicted octanol–water partition coefficient (Wildman–Crippen LogP) is 5.83. The zero-order valence-electron chi connectivity index (χ0n) is 22.6. The molecule has 7 heteroatoms. The number of rotatable bonds is 14. The van der Waals surface area contributed by atoms with Crippen molar-refractivity contribution >= 4 is 35.5 Å². The third-order valence-corrected chi connectivity index (χ3v) is 11.7. The molecule has 0 aliphatic heterocycles. The van der Waals surface area contributed by atoms with Gasteiger partial charge in [-0.3, -0.25) is 0 Å². The smallest absolute Gasteiger partial charge is 0.143 e. The second kappa shape index (κ2) is 13.8. The van der Waals surface area contributed by atoms with E-state index < -0.39 is 14.3 Å². The van der Waals surface area contributed by atoms with Crippen molar-refractivity contribution in [2.75, 3.05) is 39.8 Å². The minimum absolute atomic E-state index is 0.473. The van der Waals surface area contributed by atoms with E-state index in [0.29, 0.717) is 50.8 Å². The van der Waals surface area contributed by atoms with Crippen LogP contribution in [0.4, 0.5) is 0 Å². The SMILES string of the molecule is CP(=O)(c1ccccc1)c1ccccc1OCCCOCCCOc1ccccc1P(C)(=O)c1ccccc1. The molecule has 2 atom stereocenters. The molecule has 0 saturated heterocycles. The molecule has 0 aromatic heterocycles. The molecular formula is C32H36O5P2. The Morgan fingerprint density at radius 3 is 1.26 bits per heavy atom. The molecule has 0 amide bonds. The number of benzene rings is 4. The van der Waals surface area contributed by atoms with Crippen molar-refractivity contribution in [3.05, 3.63) is 109 Å². The summed E-state index contributed by atoms with van der Waals surface area (Å²) in [6.45, 7) is 5.63. The Labute approximate surface area is 231 Å². The first-order valence-corrected chi connectivity index (χ1v) is 17.5. The summed E-state index contributed by atoms with van der Waals surface area (Å²) in [6.07, 6.45) is 1.43. The van der Waals surface area contributed by atoms with E-state index in [1.807, 2.05) is 109 Å². The fraction of sp³-hybridized carbons (Fsp3) is 0.250. The van der Waals surface area contributed by atoms with E-state index in [4.69, 9.17) is 14.2 Å². The average molecular weight is 563 g/mol. The highest BCUT2D eigenvalue weighted by Gasteiger charge is 2.25. The fourth-order valence-corrected chi connectivity index (χ4v) is 8.25. The van der Waals surface area contributed by atoms with Crippen LogP contribution in [0.25, 0.3) is 0 Å². The molecule has 0 aliphatic rings. The quantitative estimate of drug-likeness (QED) is 0.143. The van der Waals surface area contributed by atoms with Crippen LogP contribution in [-0.2, 0) is 13.9 Å². The number of hydrogen-bond donors (Lipinski definition) is 0. The Hall–Kier alpha value is -3.10. The number of hydrogen-bond acceptors (Lipinski definition) is 5. The second-order valence-electron chi connectivity index (χ2n) is 9.47. The van der Waals surface area contributed by atoms with Gasteiger partial charge < -0.3 is 23.3 Å². The lowest BCUT2D eigenvalue weighted by Gasteiger charge is -2.18. The van der Waals surface area contributed by atoms with Gasteiger partial charge in [-0.15, -0.1) is 0 Å². The van der Waals surface area contributed by atoms with Gasteiger partial charge in [-0.2, -0.15) is 0 Å². The van der Waals surface area contributed by atoms with Crippen LogP contribution in [0.1, 0.15) is 12.8 Å². The van der Waals surface area contributed by atoms with Crippen molar-refractivity contribution in [1.82, 2.24) is 0 Å². The molecule has 4 aromatic rings. The van der Waals surface area contributed by atoms with E-state index in [-0.39, 0.29) is 0 Å². The first-order chi connectivity index (χ1) is 18.9. The van der Waals surface area contributed by atoms with Gasteiger partial charge in [-0.05, 0) is 37.6 Å². The molecule has 0 radical (unpaired) electrons. The van der Waals surface area contributed by atoms with Gasteiger partial charge in [-0.1, -0.05) is 84.9 Å². The van der Waals surface area contributed by atoms with Gasteiger partial charge in [0.25, 0.3) is 0 Å². The maximum Gasteiger partial charge on any atom is 0.143 e. The van der Waals surface area contributed by atoms with Crippen LogP contribution < -0.4 is 30.7 Å². The van der Waals surface area contributed by atoms with Gasteiger partial charge in [-0.25, -0.2) is 0 Å². The van der Waals surface area contributed by atoms with Crippen LogP contribution in [-0.4, -0.2) is 39.8 Å². The average Bonchev–Trinajstić information content (AvgIpc) is 2.97. The molecule has 204 valence electrons. The maximum atomic E-state index is 13.6. The summed E-state index contributed by atoms with van der Waals surface area (Å²) in [6, 6.07) is 34.2. The highest BCUT2D eigenvalue weighted by Crippen LogP contribution is 2.42. The Bertz CT molecular complexity index is 1310. The number of para-hydroxylation sites is 2. The molecule has 4 rings (SSSR count). The number of ether oxygens (including phenoxy) is 3. The summed E-state index contributed by atoms with van der Waals surface area (Å²) in [5, 5.41) is 3.10. The zero-order valence-corrected chi connectivity index (χ0v) is 24.4. The third kappa shape index (κ3) is 7.51. The second-order valence-corrected chi connectivity index (χ2v) is 15.2. The molecule has 0 aliphatic carbocycles. The Kier molecular flexibility index (Phi) is 10.2. The van der Waals surface area contributed by atoms with Crippen molar-refractivity contribution < 1.29 is 23.3 Å². The van der Waals surface area contributed by atoms with Gasteiger partial charge in [0.2, 0.25) is 0 Å². The van der Waals surface area contributed by atoms with Gasteiger partial charge in [0.05, 0.1) is 23.8 Å². The van der Waals surface area contributed by atoms with Crippen molar-refractivity contribution in [2.24, 2.45) is 0 Å². The van der Waals surface area contributed by atoms with Crippen LogP contribution in [0.5, 0.6) is 11.5 Å². The first-order valence-electron chi connectivity index (χ1n) is 13.2. The van der Waals surface area contributed by atoms with Gasteiger partial charge in [0, 0.05) is 36.7 Å². The fourth-order valence-electron chi connectivity index (χ4n) is 4.35. The van der Waals surface area contributed by atoms with Crippen LogP contribution in [0.3, 0.4) is 0 Å². The summed E-state index contributed by atoms with van der Waals surface area (Å²) >= 11 is 0. The molecule has 0 fully saturated rings. The van der Waals surface area contributed by atoms with Gasteiger partial charge >= 0.3 is 0 Å². The highest BCUT2D eigenvalue weighted by molar-refractivity contribution is 7.78. The molecule has 0 bridgehead atoms. The molecule has 0 heterocycles. The van der Waals surface area contributed by atoms with E-state index in [9.17, 15) is 9.13 Å². The normalized spacial score (nSPS) is 14.2. The van der Waals surface area contributed by atoms with E-state index in [0.717, 1.165) is 21.2 Å². The van der Waals surface area contributed by atoms with E-state index in [1.165, 1.54) is 0 Å². The first kappa shape index (κ1) is 28.9. The van der Waals surface area contributed by atoms with Crippen LogP contribution >= 0.6 is 14.3 Å². The molecule has 0 saturated carbocycles. The summed E-state index contributed by atoms with van der Waals surface area (Å²) in [5.41, 5.74) is 0. The Balaban J connectivity index is 1.19. The standard InChI is InChI=1S/C32H36O5P2/c1-38(33,27-15-5-3-6-16-27)31-21-11-9-19-29(31)36-25-13-23-35-24-14-26-37-30-20-10-12-22-32(30)39(2,34)28-17-7-4-8-18-28/h3-12,15-22H,13-14,23-26H2,1-2H3. The molecule has 4 aromatic carbocycles. The minimum Gasteiger partial charge on any atom is -0.493 e. The lowest BCUT2D eigenvalue weighted by atomic mass is 10.3. The molecule has 0 N–H and O–H groups in total. The largest absolute Gasteiger partial charge is 0.493 e. The van der Waals surface area contributed by atoms with E-state index in [1.54, 1.807) is 13.3 Å². The molecular weight excluding hydrogens is 526 g/mol. The van der Waals surface area contributed by atoms with E-state index in [2.05, 4.69) is 0 Å². The lowest BCUT2D eigenvalue weighted by Crippen LogP contribution is -2.18. The van der Waals surface area contributed by atoms with Crippen LogP contribution in [0.15, 0.2) is 109 Å². The van der Waals surface area contributed by atoms with Gasteiger partial charge in [0.15, 0.2) is 0 Å². The van der Waals surface area contributed by atoms with Crippen molar-refractivity contribution in [1.29, 1.82) is 0 Å². The highest BCUT2D eigenvalue weighted by atomic mass is 31.2. The van der Waals surface area contributed by atoms with Crippen molar-refractivity contribution in [2.45, 2.75) is 12.8 Å². The van der Waals surface area contributed by atoms with Crippen LogP contribution in [0.2, 0.25) is 0 Å². The summed E-state index contributed by atoms with van der Waals surface area (Å²) in [7, 11) is -5.51. The minimum atomic E-state index is -2.75. The predicted molar refractivity (Wildman–Crippen MR) is 162 cm³/mol. The van der Waals surface area contributed by atoms with Gasteiger partial charge in [0.1, 0.15) is 25.8 Å². The monoisotopic (exact) mass is 562 g/mol. The van der Waals surface area contributed by atoms with E-state index >= 15 is 0 Å². The third-order valence-electron chi connectivity index (χ3n) is 6.53. The summed E-state index contributed by atoms with van der Waals surface area (Å²) in [5.74, 6) is 1.31. The summed E-state index contributed by atoms with van der Waals surface area (Å²) < 4.78 is 45.0. The Morgan fingerprint density at radius 2 is 0.846 bits per heavy atom. The Morgan fingerprint density at radius 1 is 0.487 bits per heavy atom. The zero-order chi connectivity index (χ0) is 27.6. The molecule has 5 nitrogen and oxygen atoms in total. The molecule has 2 unspecified atom stereocenters. The van der Waals surface area contributed by atoms with Crippen molar-refractivity contribution in [3.63, 3.8) is 0 Å². The maximum absolute atomic E-state index is 13.6. The van der Waals surface area contributed by atoms with Crippen LogP contribution in [0, 0.1) is 0 Å². The lowest BCUT2D eigenvalue weighted by molar-refractivity contribution is 0.107. The topological polar surface area (TPSA) is 61.8 Å². The molecule has 39 heavy (non-hydrogen) atoms. The van der Waals surface area contributed by atoms with Crippen molar-refractivity contribution in [3.8, 4) is 11.5 Å².